The molecule has 0 radical (unpaired) electrons. The van der Waals surface area contributed by atoms with Gasteiger partial charge >= 0.3 is 11.9 Å². The highest BCUT2D eigenvalue weighted by atomic mass is 32.2. The smallest absolute Gasteiger partial charge is 0.311 e. The van der Waals surface area contributed by atoms with Crippen LogP contribution in [-0.2, 0) is 23.8 Å². The van der Waals surface area contributed by atoms with Gasteiger partial charge in [0.1, 0.15) is 18.1 Å². The lowest BCUT2D eigenvalue weighted by Gasteiger charge is -2.39. The fourth-order valence-electron chi connectivity index (χ4n) is 2.57. The zero-order valence-electron chi connectivity index (χ0n) is 16.4. The number of hydrogen-bond acceptors (Lipinski definition) is 7. The number of thioether (sulfide) groups is 1. The Morgan fingerprint density at radius 3 is 2.57 bits per heavy atom. The first kappa shape index (κ1) is 22.1. The highest BCUT2D eigenvalue weighted by Gasteiger charge is 2.43. The van der Waals surface area contributed by atoms with E-state index in [0.29, 0.717) is 0 Å². The summed E-state index contributed by atoms with van der Waals surface area (Å²) >= 11 is 1.37. The molecule has 1 fully saturated rings. The zero-order chi connectivity index (χ0) is 20.7. The molecule has 0 amide bonds. The number of benzene rings is 1. The predicted octanol–water partition coefficient (Wildman–Crippen LogP) is 4.09. The van der Waals surface area contributed by atoms with E-state index in [1.54, 1.807) is 20.8 Å². The van der Waals surface area contributed by atoms with Crippen LogP contribution in [0.1, 0.15) is 34.1 Å². The van der Waals surface area contributed by atoms with Gasteiger partial charge in [-0.1, -0.05) is 35.1 Å². The maximum atomic E-state index is 12.5. The van der Waals surface area contributed by atoms with Crippen LogP contribution in [0, 0.1) is 5.41 Å². The van der Waals surface area contributed by atoms with E-state index in [-0.39, 0.29) is 13.0 Å². The Balaban J connectivity index is 2.27. The van der Waals surface area contributed by atoms with Crippen molar-refractivity contribution in [2.45, 2.75) is 62.7 Å². The second kappa shape index (κ2) is 9.82. The summed E-state index contributed by atoms with van der Waals surface area (Å²) < 4.78 is 16.9. The summed E-state index contributed by atoms with van der Waals surface area (Å²) in [6.45, 7) is 6.62. The third kappa shape index (κ3) is 6.44. The van der Waals surface area contributed by atoms with E-state index in [1.165, 1.54) is 18.7 Å². The quantitative estimate of drug-likeness (QED) is 0.304. The average Bonchev–Trinajstić information content (AvgIpc) is 2.62. The largest absolute Gasteiger partial charge is 0.463 e. The van der Waals surface area contributed by atoms with Crippen molar-refractivity contribution in [3.8, 4) is 0 Å². The summed E-state index contributed by atoms with van der Waals surface area (Å²) in [7, 11) is 0. The van der Waals surface area contributed by atoms with Crippen molar-refractivity contribution in [1.29, 1.82) is 0 Å². The van der Waals surface area contributed by atoms with E-state index in [1.807, 2.05) is 30.3 Å². The van der Waals surface area contributed by atoms with Crippen molar-refractivity contribution in [1.82, 2.24) is 0 Å². The number of azide groups is 1. The molecule has 9 heteroatoms. The zero-order valence-corrected chi connectivity index (χ0v) is 17.2. The van der Waals surface area contributed by atoms with Crippen LogP contribution in [0.25, 0.3) is 10.4 Å². The van der Waals surface area contributed by atoms with E-state index < -0.39 is 41.0 Å². The lowest BCUT2D eigenvalue weighted by atomic mass is 9.96. The molecule has 0 aliphatic carbocycles. The summed E-state index contributed by atoms with van der Waals surface area (Å²) in [5, 5.41) is 3.84. The predicted molar refractivity (Wildman–Crippen MR) is 104 cm³/mol. The summed E-state index contributed by atoms with van der Waals surface area (Å²) in [6, 6.07) is 8.87. The second-order valence-corrected chi connectivity index (χ2v) is 8.66. The van der Waals surface area contributed by atoms with Crippen LogP contribution in [0.4, 0.5) is 0 Å². The molecule has 0 saturated carbocycles. The molecule has 0 bridgehead atoms. The molecule has 0 spiro atoms. The highest BCUT2D eigenvalue weighted by Crippen LogP contribution is 2.37. The van der Waals surface area contributed by atoms with E-state index in [9.17, 15) is 9.59 Å². The fourth-order valence-corrected chi connectivity index (χ4v) is 3.73. The maximum Gasteiger partial charge on any atom is 0.311 e. The van der Waals surface area contributed by atoms with Gasteiger partial charge in [-0.3, -0.25) is 9.59 Å². The van der Waals surface area contributed by atoms with E-state index in [4.69, 9.17) is 19.7 Å². The van der Waals surface area contributed by atoms with Crippen molar-refractivity contribution >= 4 is 23.7 Å². The van der Waals surface area contributed by atoms with Crippen LogP contribution >= 0.6 is 11.8 Å². The Hall–Kier alpha value is -2.22. The molecule has 0 unspecified atom stereocenters. The molecule has 2 rings (SSSR count). The molecule has 1 aromatic rings. The molecule has 1 heterocycles. The number of hydrogen-bond donors (Lipinski definition) is 0. The van der Waals surface area contributed by atoms with E-state index in [2.05, 4.69) is 10.0 Å². The molecule has 1 aliphatic rings. The van der Waals surface area contributed by atoms with Gasteiger partial charge in [-0.2, -0.15) is 0 Å². The summed E-state index contributed by atoms with van der Waals surface area (Å²) in [4.78, 5) is 27.5. The van der Waals surface area contributed by atoms with Gasteiger partial charge in [-0.15, -0.1) is 0 Å². The molecule has 1 aromatic carbocycles. The molecular formula is C19H25N3O5S. The minimum atomic E-state index is -0.763. The summed E-state index contributed by atoms with van der Waals surface area (Å²) in [5.41, 5.74) is 7.67. The normalized spacial score (nSPS) is 24.7. The molecule has 0 aromatic heterocycles. The fraction of sp³-hybridized carbons (Fsp3) is 0.579. The van der Waals surface area contributed by atoms with Gasteiger partial charge in [0.2, 0.25) is 0 Å². The van der Waals surface area contributed by atoms with Gasteiger partial charge in [0, 0.05) is 16.7 Å². The highest BCUT2D eigenvalue weighted by molar-refractivity contribution is 7.99. The van der Waals surface area contributed by atoms with Gasteiger partial charge in [-0.05, 0) is 44.9 Å². The number of ether oxygens (including phenoxy) is 3. The Morgan fingerprint density at radius 2 is 2.00 bits per heavy atom. The number of nitrogens with zero attached hydrogens (tertiary/aromatic N) is 3. The van der Waals surface area contributed by atoms with Crippen LogP contribution in [0.5, 0.6) is 0 Å². The third-order valence-electron chi connectivity index (χ3n) is 4.00. The number of carbonyl (C=O) groups is 2. The maximum absolute atomic E-state index is 12.5. The Labute approximate surface area is 168 Å². The van der Waals surface area contributed by atoms with Crippen LogP contribution in [0.2, 0.25) is 0 Å². The summed E-state index contributed by atoms with van der Waals surface area (Å²) in [6.07, 6.45) is -0.947. The molecule has 152 valence electrons. The van der Waals surface area contributed by atoms with E-state index in [0.717, 1.165) is 4.90 Å². The van der Waals surface area contributed by atoms with E-state index >= 15 is 0 Å². The van der Waals surface area contributed by atoms with Crippen molar-refractivity contribution in [2.75, 3.05) is 6.61 Å². The number of esters is 2. The van der Waals surface area contributed by atoms with Gasteiger partial charge < -0.3 is 14.2 Å². The van der Waals surface area contributed by atoms with Gasteiger partial charge in [0.15, 0.2) is 0 Å². The van der Waals surface area contributed by atoms with Crippen LogP contribution in [-0.4, -0.2) is 42.2 Å². The van der Waals surface area contributed by atoms with Crippen LogP contribution in [0.15, 0.2) is 40.3 Å². The average molecular weight is 407 g/mol. The Kier molecular flexibility index (Phi) is 7.74. The molecule has 28 heavy (non-hydrogen) atoms. The monoisotopic (exact) mass is 407 g/mol. The molecular weight excluding hydrogens is 382 g/mol. The lowest BCUT2D eigenvalue weighted by Crippen LogP contribution is -2.50. The minimum absolute atomic E-state index is 0.0402. The van der Waals surface area contributed by atoms with Crippen molar-refractivity contribution in [3.05, 3.63) is 40.8 Å². The van der Waals surface area contributed by atoms with Crippen molar-refractivity contribution in [3.63, 3.8) is 0 Å². The van der Waals surface area contributed by atoms with Gasteiger partial charge in [0.25, 0.3) is 0 Å². The van der Waals surface area contributed by atoms with Gasteiger partial charge in [0.05, 0.1) is 17.6 Å². The summed E-state index contributed by atoms with van der Waals surface area (Å²) in [5.74, 6) is -0.825. The topological polar surface area (TPSA) is 111 Å². The van der Waals surface area contributed by atoms with Crippen LogP contribution < -0.4 is 0 Å². The SMILES string of the molecule is CC(=O)OC[C@@H]1C[C@H](N=[N+]=[N-])[C@@H](OC(=O)C(C)(C)C)[C@H](Sc2ccccc2)O1. The number of rotatable bonds is 6. The first-order valence-electron chi connectivity index (χ1n) is 8.96. The standard InChI is InChI=1S/C19H25N3O5S/c1-12(23)25-11-13-10-15(21-22-20)16(27-18(24)19(2,3)4)17(26-13)28-14-8-6-5-7-9-14/h5-9,13,15-17H,10-11H2,1-4H3/t13-,15-,16+,17-/m0/s1. The van der Waals surface area contributed by atoms with Crippen molar-refractivity contribution < 1.29 is 23.8 Å². The minimum Gasteiger partial charge on any atom is -0.463 e. The molecule has 0 N–H and O–H groups in total. The molecule has 1 aliphatic heterocycles. The number of carbonyl (C=O) groups excluding carboxylic acids is 2. The molecule has 1 saturated heterocycles. The molecule has 4 atom stereocenters. The third-order valence-corrected chi connectivity index (χ3v) is 5.16. The molecule has 8 nitrogen and oxygen atoms in total. The lowest BCUT2D eigenvalue weighted by molar-refractivity contribution is -0.176. The first-order valence-corrected chi connectivity index (χ1v) is 9.84. The second-order valence-electron chi connectivity index (χ2n) is 7.49. The first-order chi connectivity index (χ1) is 13.2. The van der Waals surface area contributed by atoms with Crippen molar-refractivity contribution in [2.24, 2.45) is 10.5 Å². The Bertz CT molecular complexity index is 731. The van der Waals surface area contributed by atoms with Gasteiger partial charge in [-0.25, -0.2) is 0 Å². The van der Waals surface area contributed by atoms with Crippen LogP contribution in [0.3, 0.4) is 0 Å². The Morgan fingerprint density at radius 1 is 1.32 bits per heavy atom.